The first-order valence-corrected chi connectivity index (χ1v) is 9.24. The molecule has 0 atom stereocenters. The van der Waals surface area contributed by atoms with Crippen LogP contribution in [0.1, 0.15) is 30.4 Å². The van der Waals surface area contributed by atoms with E-state index in [0.717, 1.165) is 4.88 Å². The molecule has 0 saturated carbocycles. The summed E-state index contributed by atoms with van der Waals surface area (Å²) in [4.78, 5) is 19.7. The fourth-order valence-corrected chi connectivity index (χ4v) is 3.25. The van der Waals surface area contributed by atoms with Gasteiger partial charge in [0.25, 0.3) is 0 Å². The molecule has 0 spiro atoms. The van der Waals surface area contributed by atoms with E-state index in [4.69, 9.17) is 4.52 Å². The van der Waals surface area contributed by atoms with Gasteiger partial charge in [-0.15, -0.1) is 11.3 Å². The summed E-state index contributed by atoms with van der Waals surface area (Å²) in [7, 11) is 0. The molecule has 130 valence electrons. The molecule has 5 nitrogen and oxygen atoms in total. The number of nitrogens with zero attached hydrogens (tertiary/aromatic N) is 3. The lowest BCUT2D eigenvalue weighted by Gasteiger charge is -2.21. The van der Waals surface area contributed by atoms with Crippen molar-refractivity contribution in [2.24, 2.45) is 0 Å². The van der Waals surface area contributed by atoms with E-state index >= 15 is 0 Å². The van der Waals surface area contributed by atoms with E-state index < -0.39 is 0 Å². The minimum absolute atomic E-state index is 0.0987. The fourth-order valence-electron chi connectivity index (χ4n) is 2.60. The van der Waals surface area contributed by atoms with Crippen LogP contribution in [0.2, 0.25) is 0 Å². The number of carbonyl (C=O) groups is 1. The Morgan fingerprint density at radius 1 is 1.24 bits per heavy atom. The second-order valence-electron chi connectivity index (χ2n) is 5.82. The monoisotopic (exact) mass is 355 g/mol. The number of carbonyl (C=O) groups excluding carboxylic acids is 1. The van der Waals surface area contributed by atoms with Gasteiger partial charge in [-0.05, 0) is 36.4 Å². The van der Waals surface area contributed by atoms with Crippen LogP contribution in [0.4, 0.5) is 0 Å². The Kier molecular flexibility index (Phi) is 5.60. The largest absolute Gasteiger partial charge is 0.339 e. The summed E-state index contributed by atoms with van der Waals surface area (Å²) in [5.74, 6) is 1.19. The molecule has 3 rings (SSSR count). The number of rotatable bonds is 7. The Hall–Kier alpha value is -2.47. The first-order valence-electron chi connectivity index (χ1n) is 8.36. The summed E-state index contributed by atoms with van der Waals surface area (Å²) in [5, 5.41) is 5.95. The molecule has 2 aromatic heterocycles. The van der Waals surface area contributed by atoms with Gasteiger partial charge >= 0.3 is 0 Å². The average Bonchev–Trinajstić information content (AvgIpc) is 3.30. The molecular formula is C19H21N3O2S. The number of amides is 1. The van der Waals surface area contributed by atoms with Gasteiger partial charge in [-0.25, -0.2) is 0 Å². The maximum Gasteiger partial charge on any atom is 0.227 e. The third-order valence-corrected chi connectivity index (χ3v) is 4.99. The third-order valence-electron chi connectivity index (χ3n) is 4.12. The number of aryl methyl sites for hydroxylation is 2. The molecule has 1 amide bonds. The van der Waals surface area contributed by atoms with Gasteiger partial charge in [0.1, 0.15) is 0 Å². The number of aromatic nitrogens is 2. The Morgan fingerprint density at radius 2 is 2.08 bits per heavy atom. The second-order valence-corrected chi connectivity index (χ2v) is 6.77. The van der Waals surface area contributed by atoms with Crippen molar-refractivity contribution in [3.8, 4) is 10.7 Å². The van der Waals surface area contributed by atoms with E-state index in [-0.39, 0.29) is 5.91 Å². The maximum atomic E-state index is 12.5. The lowest BCUT2D eigenvalue weighted by molar-refractivity contribution is -0.131. The van der Waals surface area contributed by atoms with Crippen LogP contribution in [0.3, 0.4) is 0 Å². The normalized spacial score (nSPS) is 10.8. The Labute approximate surface area is 151 Å². The van der Waals surface area contributed by atoms with Crippen LogP contribution in [0.15, 0.2) is 46.3 Å². The van der Waals surface area contributed by atoms with Crippen molar-refractivity contribution < 1.29 is 9.32 Å². The molecule has 0 aliphatic carbocycles. The minimum atomic E-state index is 0.0987. The molecular weight excluding hydrogens is 334 g/mol. The Bertz CT molecular complexity index is 827. The van der Waals surface area contributed by atoms with E-state index in [1.54, 1.807) is 11.3 Å². The third kappa shape index (κ3) is 4.33. The Balaban J connectivity index is 1.58. The van der Waals surface area contributed by atoms with Gasteiger partial charge in [-0.1, -0.05) is 35.5 Å². The predicted molar refractivity (Wildman–Crippen MR) is 98.2 cm³/mol. The van der Waals surface area contributed by atoms with Crippen LogP contribution in [-0.4, -0.2) is 27.5 Å². The van der Waals surface area contributed by atoms with Crippen molar-refractivity contribution in [2.75, 3.05) is 6.54 Å². The van der Waals surface area contributed by atoms with Gasteiger partial charge in [-0.3, -0.25) is 4.79 Å². The van der Waals surface area contributed by atoms with E-state index in [1.165, 1.54) is 11.1 Å². The SMILES string of the molecule is CCN(Cc1ccccc1C)C(=O)CCc1nc(-c2cccs2)no1. The second kappa shape index (κ2) is 8.07. The summed E-state index contributed by atoms with van der Waals surface area (Å²) < 4.78 is 5.26. The number of benzene rings is 1. The molecule has 2 heterocycles. The van der Waals surface area contributed by atoms with Crippen molar-refractivity contribution in [1.29, 1.82) is 0 Å². The van der Waals surface area contributed by atoms with Crippen molar-refractivity contribution in [3.05, 3.63) is 58.8 Å². The molecule has 0 bridgehead atoms. The van der Waals surface area contributed by atoms with Gasteiger partial charge < -0.3 is 9.42 Å². The molecule has 6 heteroatoms. The van der Waals surface area contributed by atoms with E-state index in [0.29, 0.717) is 37.6 Å². The topological polar surface area (TPSA) is 59.2 Å². The van der Waals surface area contributed by atoms with Gasteiger partial charge in [0, 0.05) is 25.9 Å². The van der Waals surface area contributed by atoms with Crippen LogP contribution in [-0.2, 0) is 17.8 Å². The summed E-state index contributed by atoms with van der Waals surface area (Å²) in [5.41, 5.74) is 2.38. The molecule has 0 N–H and O–H groups in total. The summed E-state index contributed by atoms with van der Waals surface area (Å²) in [6.45, 7) is 5.37. The van der Waals surface area contributed by atoms with E-state index in [2.05, 4.69) is 29.2 Å². The van der Waals surface area contributed by atoms with Crippen LogP contribution in [0.5, 0.6) is 0 Å². The molecule has 0 unspecified atom stereocenters. The van der Waals surface area contributed by atoms with Crippen LogP contribution in [0, 0.1) is 6.92 Å². The van der Waals surface area contributed by atoms with Gasteiger partial charge in [0.05, 0.1) is 4.88 Å². The summed E-state index contributed by atoms with van der Waals surface area (Å²) in [6, 6.07) is 12.0. The van der Waals surface area contributed by atoms with Crippen molar-refractivity contribution in [3.63, 3.8) is 0 Å². The molecule has 1 aromatic carbocycles. The van der Waals surface area contributed by atoms with Gasteiger partial charge in [0.2, 0.25) is 17.6 Å². The highest BCUT2D eigenvalue weighted by atomic mass is 32.1. The predicted octanol–water partition coefficient (Wildman–Crippen LogP) is 4.09. The Morgan fingerprint density at radius 3 is 2.80 bits per heavy atom. The maximum absolute atomic E-state index is 12.5. The summed E-state index contributed by atoms with van der Waals surface area (Å²) >= 11 is 1.56. The number of hydrogen-bond donors (Lipinski definition) is 0. The van der Waals surface area contributed by atoms with Crippen molar-refractivity contribution in [2.45, 2.75) is 33.2 Å². The van der Waals surface area contributed by atoms with Crippen LogP contribution in [0.25, 0.3) is 10.7 Å². The number of thiophene rings is 1. The zero-order valence-corrected chi connectivity index (χ0v) is 15.3. The molecule has 0 aliphatic rings. The highest BCUT2D eigenvalue weighted by Gasteiger charge is 2.16. The lowest BCUT2D eigenvalue weighted by Crippen LogP contribution is -2.30. The zero-order chi connectivity index (χ0) is 17.6. The minimum Gasteiger partial charge on any atom is -0.339 e. The van der Waals surface area contributed by atoms with Crippen molar-refractivity contribution in [1.82, 2.24) is 15.0 Å². The molecule has 0 aliphatic heterocycles. The highest BCUT2D eigenvalue weighted by Crippen LogP contribution is 2.21. The number of hydrogen-bond acceptors (Lipinski definition) is 5. The average molecular weight is 355 g/mol. The fraction of sp³-hybridized carbons (Fsp3) is 0.316. The lowest BCUT2D eigenvalue weighted by atomic mass is 10.1. The van der Waals surface area contributed by atoms with E-state index in [1.807, 2.05) is 41.5 Å². The van der Waals surface area contributed by atoms with Gasteiger partial charge in [-0.2, -0.15) is 4.98 Å². The first kappa shape index (κ1) is 17.4. The standard InChI is InChI=1S/C19H21N3O2S/c1-3-22(13-15-8-5-4-7-14(15)2)18(23)11-10-17-20-19(21-24-17)16-9-6-12-25-16/h4-9,12H,3,10-11,13H2,1-2H3. The smallest absolute Gasteiger partial charge is 0.227 e. The zero-order valence-electron chi connectivity index (χ0n) is 14.4. The van der Waals surface area contributed by atoms with Crippen LogP contribution < -0.4 is 0 Å². The molecule has 3 aromatic rings. The first-order chi connectivity index (χ1) is 12.2. The molecule has 0 fully saturated rings. The van der Waals surface area contributed by atoms with Crippen molar-refractivity contribution >= 4 is 17.2 Å². The molecule has 0 saturated heterocycles. The molecule has 0 radical (unpaired) electrons. The van der Waals surface area contributed by atoms with Crippen LogP contribution >= 0.6 is 11.3 Å². The molecule has 25 heavy (non-hydrogen) atoms. The quantitative estimate of drug-likeness (QED) is 0.640. The summed E-state index contributed by atoms with van der Waals surface area (Å²) in [6.07, 6.45) is 0.827. The van der Waals surface area contributed by atoms with Gasteiger partial charge in [0.15, 0.2) is 0 Å². The van der Waals surface area contributed by atoms with E-state index in [9.17, 15) is 4.79 Å². The highest BCUT2D eigenvalue weighted by molar-refractivity contribution is 7.13.